The maximum absolute atomic E-state index is 12.7. The van der Waals surface area contributed by atoms with E-state index in [1.807, 2.05) is 24.3 Å². The number of carbonyl (C=O) groups excluding carboxylic acids is 1. The number of aromatic amines is 1. The Morgan fingerprint density at radius 1 is 1.17 bits per heavy atom. The fourth-order valence-corrected chi connectivity index (χ4v) is 2.36. The van der Waals surface area contributed by atoms with Gasteiger partial charge in [0.1, 0.15) is 5.82 Å². The fourth-order valence-electron chi connectivity index (χ4n) is 2.36. The largest absolute Gasteiger partial charge is 0.416 e. The monoisotopic (exact) mass is 333 g/mol. The first-order chi connectivity index (χ1) is 11.3. The third-order valence-corrected chi connectivity index (χ3v) is 3.62. The molecule has 0 fully saturated rings. The molecule has 24 heavy (non-hydrogen) atoms. The number of rotatable bonds is 3. The minimum absolute atomic E-state index is 0.0483. The van der Waals surface area contributed by atoms with Crippen molar-refractivity contribution < 1.29 is 18.0 Å². The number of hydrogen-bond acceptors (Lipinski definition) is 2. The molecule has 0 aliphatic heterocycles. The van der Waals surface area contributed by atoms with Gasteiger partial charge in [-0.2, -0.15) is 13.2 Å². The lowest BCUT2D eigenvalue weighted by Gasteiger charge is -2.13. The van der Waals surface area contributed by atoms with E-state index in [1.165, 1.54) is 12.1 Å². The molecule has 1 atom stereocenters. The third kappa shape index (κ3) is 3.24. The quantitative estimate of drug-likeness (QED) is 0.759. The van der Waals surface area contributed by atoms with E-state index in [4.69, 9.17) is 0 Å². The molecule has 2 aromatic carbocycles. The molecule has 1 aromatic heterocycles. The number of para-hydroxylation sites is 2. The first kappa shape index (κ1) is 16.0. The van der Waals surface area contributed by atoms with E-state index in [2.05, 4.69) is 15.3 Å². The SMILES string of the molecule is CC(NC(=O)c1cccc(C(F)(F)F)c1)c1nc2ccccc2[nH]1. The molecule has 0 radical (unpaired) electrons. The van der Waals surface area contributed by atoms with E-state index in [1.54, 1.807) is 6.92 Å². The zero-order valence-corrected chi connectivity index (χ0v) is 12.7. The van der Waals surface area contributed by atoms with Crippen molar-refractivity contribution in [2.75, 3.05) is 0 Å². The topological polar surface area (TPSA) is 57.8 Å². The maximum Gasteiger partial charge on any atom is 0.416 e. The predicted molar refractivity (Wildman–Crippen MR) is 83.4 cm³/mol. The molecular formula is C17H14F3N3O. The summed E-state index contributed by atoms with van der Waals surface area (Å²) in [5.74, 6) is -0.0504. The van der Waals surface area contributed by atoms with Crippen LogP contribution in [0.2, 0.25) is 0 Å². The summed E-state index contributed by atoms with van der Waals surface area (Å²) in [4.78, 5) is 19.7. The van der Waals surface area contributed by atoms with Crippen LogP contribution in [0.5, 0.6) is 0 Å². The number of imidazole rings is 1. The van der Waals surface area contributed by atoms with Crippen molar-refractivity contribution in [3.8, 4) is 0 Å². The number of fused-ring (bicyclic) bond motifs is 1. The highest BCUT2D eigenvalue weighted by molar-refractivity contribution is 5.94. The van der Waals surface area contributed by atoms with Crippen molar-refractivity contribution in [2.24, 2.45) is 0 Å². The smallest absolute Gasteiger partial charge is 0.342 e. The van der Waals surface area contributed by atoms with Crippen molar-refractivity contribution in [1.82, 2.24) is 15.3 Å². The first-order valence-corrected chi connectivity index (χ1v) is 7.27. The van der Waals surface area contributed by atoms with Crippen molar-refractivity contribution in [3.05, 3.63) is 65.5 Å². The maximum atomic E-state index is 12.7. The molecule has 124 valence electrons. The second kappa shape index (κ2) is 5.99. The van der Waals surface area contributed by atoms with Gasteiger partial charge in [0.15, 0.2) is 0 Å². The van der Waals surface area contributed by atoms with E-state index < -0.39 is 23.7 Å². The van der Waals surface area contributed by atoms with Crippen molar-refractivity contribution >= 4 is 16.9 Å². The average Bonchev–Trinajstić information content (AvgIpc) is 2.98. The molecule has 0 aliphatic rings. The first-order valence-electron chi connectivity index (χ1n) is 7.27. The van der Waals surface area contributed by atoms with Gasteiger partial charge in [-0.05, 0) is 37.3 Å². The van der Waals surface area contributed by atoms with Gasteiger partial charge in [0.25, 0.3) is 5.91 Å². The summed E-state index contributed by atoms with van der Waals surface area (Å²) >= 11 is 0. The molecule has 3 rings (SSSR count). The van der Waals surface area contributed by atoms with Crippen LogP contribution in [-0.2, 0) is 6.18 Å². The van der Waals surface area contributed by atoms with Gasteiger partial charge >= 0.3 is 6.18 Å². The molecule has 0 bridgehead atoms. The van der Waals surface area contributed by atoms with Gasteiger partial charge < -0.3 is 10.3 Å². The Hall–Kier alpha value is -2.83. The van der Waals surface area contributed by atoms with Crippen molar-refractivity contribution in [2.45, 2.75) is 19.1 Å². The van der Waals surface area contributed by atoms with Crippen LogP contribution in [-0.4, -0.2) is 15.9 Å². The van der Waals surface area contributed by atoms with Gasteiger partial charge in [0.05, 0.1) is 22.6 Å². The van der Waals surface area contributed by atoms with E-state index in [0.717, 1.165) is 23.2 Å². The standard InChI is InChI=1S/C17H14F3N3O/c1-10(15-22-13-7-2-3-8-14(13)23-15)21-16(24)11-5-4-6-12(9-11)17(18,19)20/h2-10H,1H3,(H,21,24)(H,22,23). The Bertz CT molecular complexity index is 853. The fraction of sp³-hybridized carbons (Fsp3) is 0.176. The van der Waals surface area contributed by atoms with Crippen LogP contribution in [0.25, 0.3) is 11.0 Å². The summed E-state index contributed by atoms with van der Waals surface area (Å²) in [6, 6.07) is 11.2. The summed E-state index contributed by atoms with van der Waals surface area (Å²) in [6.07, 6.45) is -4.49. The van der Waals surface area contributed by atoms with Crippen LogP contribution in [0.4, 0.5) is 13.2 Å². The summed E-state index contributed by atoms with van der Waals surface area (Å²) in [5, 5.41) is 2.65. The summed E-state index contributed by atoms with van der Waals surface area (Å²) in [6.45, 7) is 1.71. The highest BCUT2D eigenvalue weighted by Gasteiger charge is 2.31. The Morgan fingerprint density at radius 2 is 1.92 bits per heavy atom. The Kier molecular flexibility index (Phi) is 4.01. The molecule has 2 N–H and O–H groups in total. The van der Waals surface area contributed by atoms with Crippen LogP contribution >= 0.6 is 0 Å². The minimum Gasteiger partial charge on any atom is -0.342 e. The normalized spacial score (nSPS) is 13.0. The van der Waals surface area contributed by atoms with Crippen LogP contribution in [0.15, 0.2) is 48.5 Å². The lowest BCUT2D eigenvalue weighted by Crippen LogP contribution is -2.27. The highest BCUT2D eigenvalue weighted by Crippen LogP contribution is 2.29. The van der Waals surface area contributed by atoms with Crippen molar-refractivity contribution in [3.63, 3.8) is 0 Å². The molecule has 0 saturated carbocycles. The zero-order chi connectivity index (χ0) is 17.3. The van der Waals surface area contributed by atoms with Gasteiger partial charge in [-0.3, -0.25) is 4.79 Å². The molecule has 1 unspecified atom stereocenters. The van der Waals surface area contributed by atoms with Gasteiger partial charge in [0.2, 0.25) is 0 Å². The molecule has 0 aliphatic carbocycles. The highest BCUT2D eigenvalue weighted by atomic mass is 19.4. The zero-order valence-electron chi connectivity index (χ0n) is 12.7. The van der Waals surface area contributed by atoms with E-state index in [9.17, 15) is 18.0 Å². The Balaban J connectivity index is 1.79. The van der Waals surface area contributed by atoms with E-state index in [0.29, 0.717) is 5.82 Å². The number of nitrogens with zero attached hydrogens (tertiary/aromatic N) is 1. The minimum atomic E-state index is -4.49. The Morgan fingerprint density at radius 3 is 2.62 bits per heavy atom. The van der Waals surface area contributed by atoms with Crippen molar-refractivity contribution in [1.29, 1.82) is 0 Å². The molecule has 3 aromatic rings. The van der Waals surface area contributed by atoms with Gasteiger partial charge in [-0.15, -0.1) is 0 Å². The predicted octanol–water partition coefficient (Wildman–Crippen LogP) is 4.07. The molecule has 0 spiro atoms. The number of halogens is 3. The van der Waals surface area contributed by atoms with Crippen LogP contribution < -0.4 is 5.32 Å². The number of benzene rings is 2. The lowest BCUT2D eigenvalue weighted by molar-refractivity contribution is -0.137. The van der Waals surface area contributed by atoms with Gasteiger partial charge in [-0.1, -0.05) is 18.2 Å². The number of aromatic nitrogens is 2. The van der Waals surface area contributed by atoms with Crippen LogP contribution in [0.1, 0.15) is 34.7 Å². The van der Waals surface area contributed by atoms with Gasteiger partial charge in [-0.25, -0.2) is 4.98 Å². The number of H-pyrrole nitrogens is 1. The molecule has 4 nitrogen and oxygen atoms in total. The number of hydrogen-bond donors (Lipinski definition) is 2. The number of nitrogens with one attached hydrogen (secondary N) is 2. The van der Waals surface area contributed by atoms with Gasteiger partial charge in [0, 0.05) is 5.56 Å². The molecular weight excluding hydrogens is 319 g/mol. The summed E-state index contributed by atoms with van der Waals surface area (Å²) in [7, 11) is 0. The third-order valence-electron chi connectivity index (χ3n) is 3.62. The summed E-state index contributed by atoms with van der Waals surface area (Å²) < 4.78 is 38.2. The molecule has 1 heterocycles. The summed E-state index contributed by atoms with van der Waals surface area (Å²) in [5.41, 5.74) is 0.680. The second-order valence-corrected chi connectivity index (χ2v) is 5.41. The lowest BCUT2D eigenvalue weighted by atomic mass is 10.1. The van der Waals surface area contributed by atoms with Crippen LogP contribution in [0.3, 0.4) is 0 Å². The molecule has 0 saturated heterocycles. The number of amides is 1. The van der Waals surface area contributed by atoms with E-state index in [-0.39, 0.29) is 5.56 Å². The number of carbonyl (C=O) groups is 1. The van der Waals surface area contributed by atoms with Crippen LogP contribution in [0, 0.1) is 0 Å². The molecule has 7 heteroatoms. The molecule has 1 amide bonds. The van der Waals surface area contributed by atoms with E-state index >= 15 is 0 Å². The average molecular weight is 333 g/mol. The Labute approximate surface area is 135 Å². The second-order valence-electron chi connectivity index (χ2n) is 5.41. The number of alkyl halides is 3.